The largest absolute Gasteiger partial charge is 0.334 e. The molecule has 0 radical (unpaired) electrons. The number of aromatic nitrogens is 5. The molecule has 0 spiro atoms. The lowest BCUT2D eigenvalue weighted by molar-refractivity contribution is -0.133. The monoisotopic (exact) mass is 300 g/mol. The van der Waals surface area contributed by atoms with Gasteiger partial charge in [-0.1, -0.05) is 0 Å². The van der Waals surface area contributed by atoms with E-state index in [2.05, 4.69) is 19.7 Å². The maximum Gasteiger partial charge on any atom is 0.225 e. The van der Waals surface area contributed by atoms with Crippen molar-refractivity contribution in [2.45, 2.75) is 51.2 Å². The Hall–Kier alpha value is -2.18. The summed E-state index contributed by atoms with van der Waals surface area (Å²) in [6.07, 6.45) is 8.33. The Bertz CT molecular complexity index is 672. The van der Waals surface area contributed by atoms with Gasteiger partial charge in [0.15, 0.2) is 5.82 Å². The van der Waals surface area contributed by atoms with E-state index < -0.39 is 0 Å². The van der Waals surface area contributed by atoms with Crippen LogP contribution in [0.2, 0.25) is 0 Å². The molecule has 1 fully saturated rings. The number of fused-ring (bicyclic) bond motifs is 1. The highest BCUT2D eigenvalue weighted by molar-refractivity contribution is 5.76. The molecule has 1 aliphatic carbocycles. The molecule has 0 bridgehead atoms. The zero-order chi connectivity index (χ0) is 15.1. The lowest BCUT2D eigenvalue weighted by Gasteiger charge is -2.29. The number of carbonyl (C=O) groups excluding carboxylic acids is 1. The molecule has 1 atom stereocenters. The second kappa shape index (κ2) is 5.23. The lowest BCUT2D eigenvalue weighted by Crippen LogP contribution is -2.39. The van der Waals surface area contributed by atoms with Gasteiger partial charge in [0.05, 0.1) is 12.9 Å². The zero-order valence-corrected chi connectivity index (χ0v) is 12.7. The Morgan fingerprint density at radius 2 is 2.23 bits per heavy atom. The van der Waals surface area contributed by atoms with E-state index in [1.807, 2.05) is 22.6 Å². The topological polar surface area (TPSA) is 68.8 Å². The average Bonchev–Trinajstić information content (AvgIpc) is 3.06. The number of rotatable bonds is 4. The van der Waals surface area contributed by atoms with Gasteiger partial charge < -0.3 is 14.0 Å². The molecular weight excluding hydrogens is 280 g/mol. The van der Waals surface area contributed by atoms with Crippen molar-refractivity contribution in [3.63, 3.8) is 0 Å². The quantitative estimate of drug-likeness (QED) is 0.854. The minimum atomic E-state index is 0.122. The van der Waals surface area contributed by atoms with Crippen LogP contribution in [-0.4, -0.2) is 41.7 Å². The fraction of sp³-hybridized carbons (Fsp3) is 0.600. The maximum absolute atomic E-state index is 12.5. The molecule has 0 N–H and O–H groups in total. The first kappa shape index (κ1) is 13.5. The van der Waals surface area contributed by atoms with Crippen molar-refractivity contribution in [2.24, 2.45) is 0 Å². The number of carbonyl (C=O) groups is 1. The number of imidazole rings is 1. The van der Waals surface area contributed by atoms with E-state index in [9.17, 15) is 4.79 Å². The molecule has 4 rings (SSSR count). The van der Waals surface area contributed by atoms with Gasteiger partial charge >= 0.3 is 0 Å². The highest BCUT2D eigenvalue weighted by Gasteiger charge is 2.33. The SMILES string of the molecule is CC(CC(=O)N1CCn2c(nnc2C2CC2)C1)n1ccnc1. The molecule has 2 aliphatic rings. The molecule has 2 aromatic heterocycles. The normalized spacial score (nSPS) is 19.0. The Balaban J connectivity index is 1.42. The summed E-state index contributed by atoms with van der Waals surface area (Å²) in [5.41, 5.74) is 0. The summed E-state index contributed by atoms with van der Waals surface area (Å²) in [7, 11) is 0. The van der Waals surface area contributed by atoms with Crippen LogP contribution in [0.5, 0.6) is 0 Å². The van der Waals surface area contributed by atoms with E-state index in [1.54, 1.807) is 12.5 Å². The van der Waals surface area contributed by atoms with Crippen LogP contribution in [0.4, 0.5) is 0 Å². The molecule has 1 unspecified atom stereocenters. The van der Waals surface area contributed by atoms with Crippen LogP contribution < -0.4 is 0 Å². The fourth-order valence-electron chi connectivity index (χ4n) is 3.05. The van der Waals surface area contributed by atoms with Crippen LogP contribution in [0.15, 0.2) is 18.7 Å². The van der Waals surface area contributed by atoms with Crippen LogP contribution in [0.25, 0.3) is 0 Å². The van der Waals surface area contributed by atoms with Crippen molar-refractivity contribution in [2.75, 3.05) is 6.54 Å². The third-order valence-corrected chi connectivity index (χ3v) is 4.58. The predicted octanol–water partition coefficient (Wildman–Crippen LogP) is 1.35. The van der Waals surface area contributed by atoms with E-state index in [4.69, 9.17) is 0 Å². The summed E-state index contributed by atoms with van der Waals surface area (Å²) in [6, 6.07) is 0.122. The summed E-state index contributed by atoms with van der Waals surface area (Å²) in [5, 5.41) is 8.60. The summed E-state index contributed by atoms with van der Waals surface area (Å²) in [6.45, 7) is 4.19. The van der Waals surface area contributed by atoms with E-state index in [0.717, 1.165) is 24.7 Å². The Morgan fingerprint density at radius 3 is 2.95 bits per heavy atom. The third-order valence-electron chi connectivity index (χ3n) is 4.58. The van der Waals surface area contributed by atoms with E-state index in [0.29, 0.717) is 18.9 Å². The third kappa shape index (κ3) is 2.40. The Labute approximate surface area is 129 Å². The Morgan fingerprint density at radius 1 is 1.36 bits per heavy atom. The lowest BCUT2D eigenvalue weighted by atomic mass is 10.2. The van der Waals surface area contributed by atoms with E-state index in [-0.39, 0.29) is 11.9 Å². The first-order chi connectivity index (χ1) is 10.7. The Kier molecular flexibility index (Phi) is 3.20. The molecule has 116 valence electrons. The standard InChI is InChI=1S/C15H20N6O/c1-11(20-5-4-16-10-20)8-14(22)19-6-7-21-13(9-19)17-18-15(21)12-2-3-12/h4-5,10-12H,2-3,6-9H2,1H3. The van der Waals surface area contributed by atoms with Gasteiger partial charge in [-0.25, -0.2) is 4.98 Å². The minimum Gasteiger partial charge on any atom is -0.334 e. The zero-order valence-electron chi connectivity index (χ0n) is 12.7. The van der Waals surface area contributed by atoms with Crippen molar-refractivity contribution >= 4 is 5.91 Å². The second-order valence-corrected chi connectivity index (χ2v) is 6.28. The second-order valence-electron chi connectivity index (χ2n) is 6.28. The van der Waals surface area contributed by atoms with E-state index >= 15 is 0 Å². The molecule has 7 heteroatoms. The van der Waals surface area contributed by atoms with Gasteiger partial charge in [0.1, 0.15) is 5.82 Å². The summed E-state index contributed by atoms with van der Waals surface area (Å²) in [4.78, 5) is 18.4. The predicted molar refractivity (Wildman–Crippen MR) is 79.0 cm³/mol. The number of nitrogens with zero attached hydrogens (tertiary/aromatic N) is 6. The molecular formula is C15H20N6O. The molecule has 22 heavy (non-hydrogen) atoms. The molecule has 0 saturated heterocycles. The fourth-order valence-corrected chi connectivity index (χ4v) is 3.05. The molecule has 3 heterocycles. The van der Waals surface area contributed by atoms with E-state index in [1.165, 1.54) is 12.8 Å². The first-order valence-corrected chi connectivity index (χ1v) is 7.89. The molecule has 7 nitrogen and oxygen atoms in total. The van der Waals surface area contributed by atoms with Crippen molar-refractivity contribution in [1.82, 2.24) is 29.2 Å². The van der Waals surface area contributed by atoms with Gasteiger partial charge in [0.25, 0.3) is 0 Å². The van der Waals surface area contributed by atoms with Gasteiger partial charge in [-0.15, -0.1) is 10.2 Å². The van der Waals surface area contributed by atoms with Gasteiger partial charge in [-0.05, 0) is 19.8 Å². The molecule has 1 aliphatic heterocycles. The van der Waals surface area contributed by atoms with Crippen molar-refractivity contribution in [3.8, 4) is 0 Å². The highest BCUT2D eigenvalue weighted by atomic mass is 16.2. The summed E-state index contributed by atoms with van der Waals surface area (Å²) in [5.74, 6) is 2.82. The van der Waals surface area contributed by atoms with Crippen LogP contribution in [0, 0.1) is 0 Å². The van der Waals surface area contributed by atoms with Crippen molar-refractivity contribution < 1.29 is 4.79 Å². The highest BCUT2D eigenvalue weighted by Crippen LogP contribution is 2.39. The molecule has 1 saturated carbocycles. The van der Waals surface area contributed by atoms with Crippen LogP contribution in [-0.2, 0) is 17.9 Å². The maximum atomic E-state index is 12.5. The van der Waals surface area contributed by atoms with Gasteiger partial charge in [-0.3, -0.25) is 4.79 Å². The van der Waals surface area contributed by atoms with Crippen molar-refractivity contribution in [3.05, 3.63) is 30.4 Å². The molecule has 1 amide bonds. The minimum absolute atomic E-state index is 0.122. The number of hydrogen-bond acceptors (Lipinski definition) is 4. The smallest absolute Gasteiger partial charge is 0.225 e. The first-order valence-electron chi connectivity index (χ1n) is 7.89. The van der Waals surface area contributed by atoms with Gasteiger partial charge in [0.2, 0.25) is 5.91 Å². The van der Waals surface area contributed by atoms with Crippen molar-refractivity contribution in [1.29, 1.82) is 0 Å². The van der Waals surface area contributed by atoms with Crippen LogP contribution >= 0.6 is 0 Å². The van der Waals surface area contributed by atoms with Gasteiger partial charge in [0, 0.05) is 43.9 Å². The summed E-state index contributed by atoms with van der Waals surface area (Å²) < 4.78 is 4.18. The van der Waals surface area contributed by atoms with Gasteiger partial charge in [-0.2, -0.15) is 0 Å². The number of hydrogen-bond donors (Lipinski definition) is 0. The molecule has 0 aromatic carbocycles. The van der Waals surface area contributed by atoms with Crippen LogP contribution in [0.3, 0.4) is 0 Å². The van der Waals surface area contributed by atoms with Crippen LogP contribution in [0.1, 0.15) is 49.8 Å². The summed E-state index contributed by atoms with van der Waals surface area (Å²) >= 11 is 0. The molecule has 2 aromatic rings. The average molecular weight is 300 g/mol. The number of amides is 1.